The Kier molecular flexibility index (Phi) is 4.62. The highest BCUT2D eigenvalue weighted by Gasteiger charge is 2.24. The normalized spacial score (nSPS) is 16.6. The summed E-state index contributed by atoms with van der Waals surface area (Å²) < 4.78 is 10.1. The molecule has 1 aliphatic heterocycles. The van der Waals surface area contributed by atoms with E-state index in [1.54, 1.807) is 32.3 Å². The van der Waals surface area contributed by atoms with Crippen LogP contribution in [0.3, 0.4) is 0 Å². The van der Waals surface area contributed by atoms with Gasteiger partial charge < -0.3 is 9.30 Å². The van der Waals surface area contributed by atoms with E-state index in [2.05, 4.69) is 0 Å². The predicted molar refractivity (Wildman–Crippen MR) is 108 cm³/mol. The van der Waals surface area contributed by atoms with E-state index in [9.17, 15) is 19.7 Å². The van der Waals surface area contributed by atoms with Crippen molar-refractivity contribution < 1.29 is 9.66 Å². The second-order valence-corrected chi connectivity index (χ2v) is 7.49. The molecule has 1 fully saturated rings. The second-order valence-electron chi connectivity index (χ2n) is 7.49. The van der Waals surface area contributed by atoms with Crippen LogP contribution >= 0.6 is 0 Å². The lowest BCUT2D eigenvalue weighted by molar-refractivity contribution is -0.385. The van der Waals surface area contributed by atoms with Crippen LogP contribution in [0.25, 0.3) is 22.2 Å². The van der Waals surface area contributed by atoms with Gasteiger partial charge in [-0.15, -0.1) is 0 Å². The molecule has 9 heteroatoms. The maximum absolute atomic E-state index is 13.0. The number of aryl methyl sites for hydroxylation is 2. The van der Waals surface area contributed by atoms with Crippen LogP contribution < -0.4 is 11.2 Å². The summed E-state index contributed by atoms with van der Waals surface area (Å²) >= 11 is 0. The molecule has 1 saturated heterocycles. The number of fused-ring (bicyclic) bond motifs is 1. The van der Waals surface area contributed by atoms with Crippen molar-refractivity contribution in [2.24, 2.45) is 14.1 Å². The summed E-state index contributed by atoms with van der Waals surface area (Å²) in [5.74, 6) is 0. The van der Waals surface area contributed by atoms with Crippen molar-refractivity contribution >= 4 is 16.6 Å². The number of nitro groups is 1. The van der Waals surface area contributed by atoms with Gasteiger partial charge in [-0.25, -0.2) is 4.79 Å². The smallest absolute Gasteiger partial charge is 0.330 e. The van der Waals surface area contributed by atoms with Crippen LogP contribution in [0.5, 0.6) is 0 Å². The molecular formula is C20H22N4O5. The first-order valence-electron chi connectivity index (χ1n) is 9.45. The lowest BCUT2D eigenvalue weighted by atomic mass is 10.1. The van der Waals surface area contributed by atoms with Crippen LogP contribution in [-0.4, -0.2) is 31.3 Å². The van der Waals surface area contributed by atoms with Gasteiger partial charge in [0.25, 0.3) is 11.2 Å². The summed E-state index contributed by atoms with van der Waals surface area (Å²) in [4.78, 5) is 36.4. The van der Waals surface area contributed by atoms with Crippen molar-refractivity contribution in [2.75, 3.05) is 6.61 Å². The van der Waals surface area contributed by atoms with E-state index in [1.807, 2.05) is 4.57 Å². The standard InChI is InChI=1S/C20H22N4O5/c1-12-6-7-13(9-15(12)24(27)28)18-17-16(21(2)20(26)22(3)19(17)25)11-23(18)10-14-5-4-8-29-14/h6-7,9,11,14H,4-5,8,10H2,1-3H3. The minimum absolute atomic E-state index is 0.00289. The molecular weight excluding hydrogens is 376 g/mol. The molecule has 0 bridgehead atoms. The molecule has 1 atom stereocenters. The molecule has 0 amide bonds. The summed E-state index contributed by atoms with van der Waals surface area (Å²) in [7, 11) is 3.05. The van der Waals surface area contributed by atoms with Crippen molar-refractivity contribution in [1.29, 1.82) is 0 Å². The number of rotatable bonds is 4. The number of nitro benzene ring substituents is 1. The predicted octanol–water partition coefficient (Wildman–Crippen LogP) is 2.10. The van der Waals surface area contributed by atoms with Crippen molar-refractivity contribution in [1.82, 2.24) is 13.7 Å². The van der Waals surface area contributed by atoms with Crippen LogP contribution in [0.2, 0.25) is 0 Å². The Hall–Kier alpha value is -3.20. The van der Waals surface area contributed by atoms with Crippen molar-refractivity contribution in [2.45, 2.75) is 32.4 Å². The quantitative estimate of drug-likeness (QED) is 0.495. The third-order valence-corrected chi connectivity index (χ3v) is 5.62. The van der Waals surface area contributed by atoms with E-state index >= 15 is 0 Å². The Morgan fingerprint density at radius 2 is 2.00 bits per heavy atom. The topological polar surface area (TPSA) is 101 Å². The summed E-state index contributed by atoms with van der Waals surface area (Å²) in [6.45, 7) is 2.87. The number of benzene rings is 1. The SMILES string of the molecule is Cc1ccc(-c2c3c(=O)n(C)c(=O)n(C)c3cn2CC2CCCO2)cc1[N+](=O)[O-]. The Labute approximate surface area is 165 Å². The fourth-order valence-corrected chi connectivity index (χ4v) is 4.00. The number of aromatic nitrogens is 3. The van der Waals surface area contributed by atoms with E-state index < -0.39 is 16.2 Å². The van der Waals surface area contributed by atoms with Crippen molar-refractivity contribution in [3.63, 3.8) is 0 Å². The van der Waals surface area contributed by atoms with Gasteiger partial charge in [-0.3, -0.25) is 24.0 Å². The highest BCUT2D eigenvalue weighted by molar-refractivity contribution is 5.94. The molecule has 152 valence electrons. The summed E-state index contributed by atoms with van der Waals surface area (Å²) in [5.41, 5.74) is 1.31. The Morgan fingerprint density at radius 3 is 2.66 bits per heavy atom. The van der Waals surface area contributed by atoms with E-state index in [0.717, 1.165) is 17.4 Å². The van der Waals surface area contributed by atoms with Gasteiger partial charge in [0.1, 0.15) is 0 Å². The lowest BCUT2D eigenvalue weighted by Gasteiger charge is -2.14. The van der Waals surface area contributed by atoms with Gasteiger partial charge in [0.2, 0.25) is 0 Å². The van der Waals surface area contributed by atoms with Gasteiger partial charge in [-0.1, -0.05) is 12.1 Å². The molecule has 3 aromatic rings. The van der Waals surface area contributed by atoms with Gasteiger partial charge in [0.15, 0.2) is 0 Å². The molecule has 29 heavy (non-hydrogen) atoms. The minimum atomic E-state index is -0.428. The fourth-order valence-electron chi connectivity index (χ4n) is 4.00. The maximum Gasteiger partial charge on any atom is 0.330 e. The molecule has 0 saturated carbocycles. The van der Waals surface area contributed by atoms with Crippen LogP contribution in [-0.2, 0) is 25.4 Å². The van der Waals surface area contributed by atoms with Gasteiger partial charge in [-0.05, 0) is 19.8 Å². The third kappa shape index (κ3) is 3.07. The van der Waals surface area contributed by atoms with Crippen LogP contribution in [0.1, 0.15) is 18.4 Å². The van der Waals surface area contributed by atoms with Crippen LogP contribution in [0, 0.1) is 17.0 Å². The zero-order chi connectivity index (χ0) is 20.9. The number of ether oxygens (including phenoxy) is 1. The molecule has 1 aromatic carbocycles. The number of hydrogen-bond donors (Lipinski definition) is 0. The Balaban J connectivity index is 2.05. The number of nitrogens with zero attached hydrogens (tertiary/aromatic N) is 4. The third-order valence-electron chi connectivity index (χ3n) is 5.62. The molecule has 1 aliphatic rings. The summed E-state index contributed by atoms with van der Waals surface area (Å²) in [6, 6.07) is 4.93. The summed E-state index contributed by atoms with van der Waals surface area (Å²) in [6.07, 6.45) is 3.63. The van der Waals surface area contributed by atoms with Crippen LogP contribution in [0.15, 0.2) is 34.0 Å². The molecule has 3 heterocycles. The first kappa shape index (κ1) is 19.1. The maximum atomic E-state index is 13.0. The highest BCUT2D eigenvalue weighted by Crippen LogP contribution is 2.32. The van der Waals surface area contributed by atoms with Crippen LogP contribution in [0.4, 0.5) is 5.69 Å². The Morgan fingerprint density at radius 1 is 1.24 bits per heavy atom. The average Bonchev–Trinajstić information content (AvgIpc) is 3.33. The molecule has 1 unspecified atom stereocenters. The molecule has 2 aromatic heterocycles. The second kappa shape index (κ2) is 7.00. The van der Waals surface area contributed by atoms with Gasteiger partial charge in [-0.2, -0.15) is 0 Å². The average molecular weight is 398 g/mol. The van der Waals surface area contributed by atoms with Crippen molar-refractivity contribution in [3.05, 3.63) is 60.9 Å². The molecule has 4 rings (SSSR count). The molecule has 0 radical (unpaired) electrons. The largest absolute Gasteiger partial charge is 0.376 e. The van der Waals surface area contributed by atoms with Gasteiger partial charge >= 0.3 is 5.69 Å². The minimum Gasteiger partial charge on any atom is -0.376 e. The lowest BCUT2D eigenvalue weighted by Crippen LogP contribution is -2.36. The Bertz CT molecular complexity index is 1240. The van der Waals surface area contributed by atoms with E-state index in [-0.39, 0.29) is 11.8 Å². The first-order chi connectivity index (χ1) is 13.8. The monoisotopic (exact) mass is 398 g/mol. The first-order valence-corrected chi connectivity index (χ1v) is 9.45. The molecule has 9 nitrogen and oxygen atoms in total. The summed E-state index contributed by atoms with van der Waals surface area (Å²) in [5, 5.41) is 11.8. The van der Waals surface area contributed by atoms with Crippen molar-refractivity contribution in [3.8, 4) is 11.3 Å². The zero-order valence-corrected chi connectivity index (χ0v) is 16.5. The molecule has 0 spiro atoms. The highest BCUT2D eigenvalue weighted by atomic mass is 16.6. The molecule has 0 aliphatic carbocycles. The fraction of sp³-hybridized carbons (Fsp3) is 0.400. The van der Waals surface area contributed by atoms with Gasteiger partial charge in [0.05, 0.1) is 27.6 Å². The van der Waals surface area contributed by atoms with Gasteiger partial charge in [0, 0.05) is 50.6 Å². The molecule has 0 N–H and O–H groups in total. The van der Waals surface area contributed by atoms with E-state index in [1.165, 1.54) is 17.7 Å². The van der Waals surface area contributed by atoms with E-state index in [4.69, 9.17) is 4.74 Å². The zero-order valence-electron chi connectivity index (χ0n) is 16.5. The number of hydrogen-bond acceptors (Lipinski definition) is 5. The van der Waals surface area contributed by atoms with E-state index in [0.29, 0.717) is 40.9 Å².